The van der Waals surface area contributed by atoms with Crippen LogP contribution in [-0.2, 0) is 4.79 Å². The molecule has 5 nitrogen and oxygen atoms in total. The lowest BCUT2D eigenvalue weighted by atomic mass is 10.1. The molecule has 6 heteroatoms. The maximum absolute atomic E-state index is 13.1. The van der Waals surface area contributed by atoms with Crippen LogP contribution in [0, 0.1) is 5.92 Å². The molecule has 0 aliphatic carbocycles. The molecule has 3 rings (SSSR count). The molecule has 0 radical (unpaired) electrons. The first-order valence-electron chi connectivity index (χ1n) is 9.09. The van der Waals surface area contributed by atoms with E-state index in [1.54, 1.807) is 19.1 Å². The van der Waals surface area contributed by atoms with Crippen LogP contribution in [0.15, 0.2) is 58.4 Å². The van der Waals surface area contributed by atoms with Crippen LogP contribution in [0.25, 0.3) is 6.08 Å². The lowest BCUT2D eigenvalue weighted by molar-refractivity contribution is -0.122. The van der Waals surface area contributed by atoms with E-state index in [1.165, 1.54) is 11.8 Å². The maximum Gasteiger partial charge on any atom is 0.266 e. The molecule has 2 aromatic carbocycles. The molecular weight excluding hydrogens is 372 g/mol. The topological polar surface area (TPSA) is 51.1 Å². The monoisotopic (exact) mass is 396 g/mol. The molecule has 2 aromatic rings. The van der Waals surface area contributed by atoms with Gasteiger partial charge in [-0.2, -0.15) is 0 Å². The Kier molecular flexibility index (Phi) is 6.41. The fourth-order valence-electron chi connectivity index (χ4n) is 2.90. The summed E-state index contributed by atoms with van der Waals surface area (Å²) in [4.78, 5) is 20.1. The quantitative estimate of drug-likeness (QED) is 0.647. The fourth-order valence-corrected chi connectivity index (χ4v) is 3.90. The molecule has 0 N–H and O–H groups in total. The van der Waals surface area contributed by atoms with Crippen molar-refractivity contribution in [3.63, 3.8) is 0 Å². The Morgan fingerprint density at radius 3 is 2.46 bits per heavy atom. The van der Waals surface area contributed by atoms with Crippen molar-refractivity contribution in [3.8, 4) is 11.5 Å². The maximum atomic E-state index is 13.1. The Bertz CT molecular complexity index is 907. The molecule has 0 unspecified atom stereocenters. The summed E-state index contributed by atoms with van der Waals surface area (Å²) in [5.41, 5.74) is 1.62. The lowest BCUT2D eigenvalue weighted by Gasteiger charge is -2.17. The highest BCUT2D eigenvalue weighted by molar-refractivity contribution is 8.18. The Morgan fingerprint density at radius 2 is 1.82 bits per heavy atom. The summed E-state index contributed by atoms with van der Waals surface area (Å²) in [6, 6.07) is 15.3. The number of aliphatic imine (C=N–C) groups is 1. The number of para-hydroxylation sites is 2. The predicted octanol–water partition coefficient (Wildman–Crippen LogP) is 4.96. The second kappa shape index (κ2) is 8.97. The van der Waals surface area contributed by atoms with Crippen LogP contribution in [0.5, 0.6) is 11.5 Å². The average Bonchev–Trinajstić information content (AvgIpc) is 2.97. The van der Waals surface area contributed by atoms with Crippen LogP contribution in [0.1, 0.15) is 19.4 Å². The Labute approximate surface area is 170 Å². The van der Waals surface area contributed by atoms with Gasteiger partial charge in [-0.1, -0.05) is 44.2 Å². The van der Waals surface area contributed by atoms with E-state index >= 15 is 0 Å². The summed E-state index contributed by atoms with van der Waals surface area (Å²) in [5.74, 6) is 1.52. The number of amidine groups is 1. The summed E-state index contributed by atoms with van der Waals surface area (Å²) >= 11 is 1.38. The first-order chi connectivity index (χ1) is 13.5. The third kappa shape index (κ3) is 4.39. The number of carbonyl (C=O) groups is 1. The van der Waals surface area contributed by atoms with Crippen LogP contribution in [0.4, 0.5) is 5.69 Å². The zero-order valence-electron chi connectivity index (χ0n) is 16.5. The number of hydrogen-bond acceptors (Lipinski definition) is 5. The summed E-state index contributed by atoms with van der Waals surface area (Å²) in [6.45, 7) is 4.79. The summed E-state index contributed by atoms with van der Waals surface area (Å²) < 4.78 is 10.9. The molecule has 1 heterocycles. The molecule has 146 valence electrons. The van der Waals surface area contributed by atoms with Crippen LogP contribution in [0.3, 0.4) is 0 Å². The molecule has 28 heavy (non-hydrogen) atoms. The van der Waals surface area contributed by atoms with E-state index in [9.17, 15) is 4.79 Å². The lowest BCUT2D eigenvalue weighted by Crippen LogP contribution is -2.32. The molecule has 1 aliphatic heterocycles. The molecular formula is C22H24N2O3S. The predicted molar refractivity (Wildman–Crippen MR) is 115 cm³/mol. The van der Waals surface area contributed by atoms with Crippen molar-refractivity contribution in [3.05, 3.63) is 59.0 Å². The van der Waals surface area contributed by atoms with E-state index in [0.717, 1.165) is 11.3 Å². The van der Waals surface area contributed by atoms with E-state index in [-0.39, 0.29) is 5.91 Å². The summed E-state index contributed by atoms with van der Waals surface area (Å²) in [7, 11) is 3.19. The van der Waals surface area contributed by atoms with Crippen molar-refractivity contribution in [2.24, 2.45) is 10.9 Å². The molecule has 1 amide bonds. The standard InChI is InChI=1S/C22H24N2O3S/c1-15(2)14-24-21(25)19(28-22(24)23-17-10-6-5-7-11-17)13-16-9-8-12-18(26-3)20(16)27-4/h5-13,15H,14H2,1-4H3/b19-13-,23-22?. The highest BCUT2D eigenvalue weighted by atomic mass is 32.2. The van der Waals surface area contributed by atoms with Crippen molar-refractivity contribution in [1.82, 2.24) is 4.90 Å². The van der Waals surface area contributed by atoms with E-state index in [1.807, 2.05) is 54.6 Å². The first kappa shape index (κ1) is 20.0. The van der Waals surface area contributed by atoms with Crippen molar-refractivity contribution in [2.75, 3.05) is 20.8 Å². The van der Waals surface area contributed by atoms with E-state index in [0.29, 0.717) is 34.0 Å². The smallest absolute Gasteiger partial charge is 0.266 e. The number of ether oxygens (including phenoxy) is 2. The van der Waals surface area contributed by atoms with Gasteiger partial charge in [0.05, 0.1) is 24.8 Å². The third-order valence-corrected chi connectivity index (χ3v) is 5.14. The largest absolute Gasteiger partial charge is 0.493 e. The molecule has 0 atom stereocenters. The molecule has 0 saturated carbocycles. The number of benzene rings is 2. The normalized spacial score (nSPS) is 17.0. The van der Waals surface area contributed by atoms with Crippen LogP contribution in [-0.4, -0.2) is 36.7 Å². The number of hydrogen-bond donors (Lipinski definition) is 0. The van der Waals surface area contributed by atoms with Crippen LogP contribution < -0.4 is 9.47 Å². The molecule has 1 saturated heterocycles. The number of methoxy groups -OCH3 is 2. The molecule has 1 fully saturated rings. The number of amides is 1. The highest BCUT2D eigenvalue weighted by Gasteiger charge is 2.34. The third-order valence-electron chi connectivity index (χ3n) is 4.14. The number of carbonyl (C=O) groups excluding carboxylic acids is 1. The molecule has 0 bridgehead atoms. The van der Waals surface area contributed by atoms with Gasteiger partial charge in [-0.3, -0.25) is 9.69 Å². The minimum Gasteiger partial charge on any atom is -0.493 e. The number of thioether (sulfide) groups is 1. The summed E-state index contributed by atoms with van der Waals surface area (Å²) in [6.07, 6.45) is 1.84. The number of rotatable bonds is 6. The fraction of sp³-hybridized carbons (Fsp3) is 0.273. The van der Waals surface area contributed by atoms with Gasteiger partial charge in [0.1, 0.15) is 0 Å². The molecule has 1 aliphatic rings. The van der Waals surface area contributed by atoms with Gasteiger partial charge in [0.25, 0.3) is 5.91 Å². The Hall–Kier alpha value is -2.73. The highest BCUT2D eigenvalue weighted by Crippen LogP contribution is 2.38. The Balaban J connectivity index is 2.00. The minimum absolute atomic E-state index is 0.0433. The Morgan fingerprint density at radius 1 is 1.07 bits per heavy atom. The zero-order valence-corrected chi connectivity index (χ0v) is 17.3. The van der Waals surface area contributed by atoms with Gasteiger partial charge in [0.2, 0.25) is 0 Å². The van der Waals surface area contributed by atoms with Crippen LogP contribution in [0.2, 0.25) is 0 Å². The van der Waals surface area contributed by atoms with Crippen molar-refractivity contribution in [1.29, 1.82) is 0 Å². The van der Waals surface area contributed by atoms with Gasteiger partial charge in [-0.15, -0.1) is 0 Å². The second-order valence-corrected chi connectivity index (χ2v) is 7.74. The molecule has 0 aromatic heterocycles. The van der Waals surface area contributed by atoms with Gasteiger partial charge >= 0.3 is 0 Å². The van der Waals surface area contributed by atoms with Gasteiger partial charge < -0.3 is 9.47 Å². The number of nitrogens with zero attached hydrogens (tertiary/aromatic N) is 2. The van der Waals surface area contributed by atoms with E-state index < -0.39 is 0 Å². The van der Waals surface area contributed by atoms with Crippen molar-refractivity contribution >= 4 is 34.6 Å². The van der Waals surface area contributed by atoms with Crippen molar-refractivity contribution in [2.45, 2.75) is 13.8 Å². The average molecular weight is 397 g/mol. The van der Waals surface area contributed by atoms with E-state index in [2.05, 4.69) is 13.8 Å². The van der Waals surface area contributed by atoms with E-state index in [4.69, 9.17) is 14.5 Å². The van der Waals surface area contributed by atoms with Gasteiger partial charge in [0, 0.05) is 12.1 Å². The second-order valence-electron chi connectivity index (χ2n) is 6.73. The van der Waals surface area contributed by atoms with Crippen LogP contribution >= 0.6 is 11.8 Å². The van der Waals surface area contributed by atoms with Gasteiger partial charge in [-0.05, 0) is 42.0 Å². The molecule has 0 spiro atoms. The van der Waals surface area contributed by atoms with Crippen molar-refractivity contribution < 1.29 is 14.3 Å². The zero-order chi connectivity index (χ0) is 20.1. The SMILES string of the molecule is COc1cccc(/C=C2\SC(=Nc3ccccc3)N(CC(C)C)C2=O)c1OC. The minimum atomic E-state index is -0.0433. The summed E-state index contributed by atoms with van der Waals surface area (Å²) in [5, 5.41) is 0.693. The first-order valence-corrected chi connectivity index (χ1v) is 9.91. The van der Waals surface area contributed by atoms with Gasteiger partial charge in [0.15, 0.2) is 16.7 Å². The van der Waals surface area contributed by atoms with Gasteiger partial charge in [-0.25, -0.2) is 4.99 Å².